The van der Waals surface area contributed by atoms with E-state index in [1.165, 1.54) is 0 Å². The number of pyridine rings is 1. The van der Waals surface area contributed by atoms with Crippen LogP contribution in [0.25, 0.3) is 0 Å². The molecule has 1 aromatic rings. The highest BCUT2D eigenvalue weighted by molar-refractivity contribution is 6.31. The lowest BCUT2D eigenvalue weighted by Gasteiger charge is -2.14. The molecule has 1 N–H and O–H groups in total. The molecule has 3 heteroatoms. The van der Waals surface area contributed by atoms with Gasteiger partial charge in [0.15, 0.2) is 0 Å². The van der Waals surface area contributed by atoms with Gasteiger partial charge in [0, 0.05) is 24.9 Å². The third kappa shape index (κ3) is 2.45. The van der Waals surface area contributed by atoms with Gasteiger partial charge >= 0.3 is 0 Å². The topological polar surface area (TPSA) is 24.9 Å². The fraction of sp³-hybridized carbons (Fsp3) is 0.300. The first-order valence-corrected chi connectivity index (χ1v) is 4.37. The van der Waals surface area contributed by atoms with Crippen LogP contribution in [0.15, 0.2) is 18.5 Å². The lowest BCUT2D eigenvalue weighted by atomic mass is 10.1. The summed E-state index contributed by atoms with van der Waals surface area (Å²) in [5, 5.41) is 3.76. The molecule has 1 rings (SSSR count). The Hall–Kier alpha value is -1.04. The van der Waals surface area contributed by atoms with Gasteiger partial charge in [-0.2, -0.15) is 0 Å². The quantitative estimate of drug-likeness (QED) is 0.745. The van der Waals surface area contributed by atoms with E-state index in [2.05, 4.69) is 16.2 Å². The molecule has 2 nitrogen and oxygen atoms in total. The van der Waals surface area contributed by atoms with E-state index in [1.54, 1.807) is 12.4 Å². The molecule has 0 amide bonds. The number of halogens is 1. The summed E-state index contributed by atoms with van der Waals surface area (Å²) in [7, 11) is 1.86. The minimum absolute atomic E-state index is 0.112. The van der Waals surface area contributed by atoms with E-state index >= 15 is 0 Å². The van der Waals surface area contributed by atoms with Crippen LogP contribution < -0.4 is 5.32 Å². The van der Waals surface area contributed by atoms with Gasteiger partial charge in [-0.15, -0.1) is 12.3 Å². The summed E-state index contributed by atoms with van der Waals surface area (Å²) in [5.74, 6) is 2.60. The molecule has 0 spiro atoms. The van der Waals surface area contributed by atoms with E-state index < -0.39 is 0 Å². The minimum atomic E-state index is 0.112. The summed E-state index contributed by atoms with van der Waals surface area (Å²) in [5.41, 5.74) is 0.997. The zero-order valence-corrected chi connectivity index (χ0v) is 8.17. The molecule has 13 heavy (non-hydrogen) atoms. The van der Waals surface area contributed by atoms with Crippen molar-refractivity contribution in [3.63, 3.8) is 0 Å². The molecule has 1 aromatic heterocycles. The molecule has 1 unspecified atom stereocenters. The maximum Gasteiger partial charge on any atom is 0.0637 e. The van der Waals surface area contributed by atoms with Crippen LogP contribution in [0.1, 0.15) is 18.0 Å². The zero-order valence-electron chi connectivity index (χ0n) is 7.42. The normalized spacial score (nSPS) is 12.1. The van der Waals surface area contributed by atoms with Crippen LogP contribution in [0.5, 0.6) is 0 Å². The van der Waals surface area contributed by atoms with Crippen molar-refractivity contribution >= 4 is 11.6 Å². The molecule has 0 aliphatic carbocycles. The van der Waals surface area contributed by atoms with Crippen LogP contribution >= 0.6 is 11.6 Å². The smallest absolute Gasteiger partial charge is 0.0637 e. The molecule has 1 heterocycles. The highest BCUT2D eigenvalue weighted by Crippen LogP contribution is 2.23. The highest BCUT2D eigenvalue weighted by atomic mass is 35.5. The third-order valence-electron chi connectivity index (χ3n) is 1.85. The summed E-state index contributed by atoms with van der Waals surface area (Å²) < 4.78 is 0. The second-order valence-corrected chi connectivity index (χ2v) is 3.05. The molecular formula is C10H11ClN2. The fourth-order valence-corrected chi connectivity index (χ4v) is 1.40. The Bertz CT molecular complexity index is 317. The van der Waals surface area contributed by atoms with Crippen molar-refractivity contribution in [3.8, 4) is 12.3 Å². The Morgan fingerprint density at radius 1 is 1.77 bits per heavy atom. The lowest BCUT2D eigenvalue weighted by molar-refractivity contribution is 0.611. The number of aromatic nitrogens is 1. The number of nitrogens with zero attached hydrogens (tertiary/aromatic N) is 1. The van der Waals surface area contributed by atoms with E-state index in [1.807, 2.05) is 13.1 Å². The second-order valence-electron chi connectivity index (χ2n) is 2.65. The molecule has 0 radical (unpaired) electrons. The van der Waals surface area contributed by atoms with Crippen LogP contribution in [-0.2, 0) is 0 Å². The average molecular weight is 195 g/mol. The summed E-state index contributed by atoms with van der Waals surface area (Å²) in [4.78, 5) is 3.91. The van der Waals surface area contributed by atoms with Crippen molar-refractivity contribution in [1.82, 2.24) is 10.3 Å². The molecule has 0 aliphatic rings. The summed E-state index contributed by atoms with van der Waals surface area (Å²) in [6, 6.07) is 1.99. The Morgan fingerprint density at radius 3 is 3.08 bits per heavy atom. The number of nitrogens with one attached hydrogen (secondary N) is 1. The third-order valence-corrected chi connectivity index (χ3v) is 2.17. The summed E-state index contributed by atoms with van der Waals surface area (Å²) >= 11 is 5.96. The average Bonchev–Trinajstić information content (AvgIpc) is 2.16. The number of hydrogen-bond donors (Lipinski definition) is 1. The van der Waals surface area contributed by atoms with Gasteiger partial charge in [0.2, 0.25) is 0 Å². The van der Waals surface area contributed by atoms with Crippen LogP contribution in [0.3, 0.4) is 0 Å². The Balaban J connectivity index is 2.92. The second kappa shape index (κ2) is 4.86. The molecule has 0 aromatic carbocycles. The van der Waals surface area contributed by atoms with Crippen molar-refractivity contribution < 1.29 is 0 Å². The maximum absolute atomic E-state index is 5.96. The molecule has 0 bridgehead atoms. The molecule has 0 fully saturated rings. The first-order chi connectivity index (χ1) is 6.29. The van der Waals surface area contributed by atoms with Crippen LogP contribution in [-0.4, -0.2) is 12.0 Å². The predicted molar refractivity (Wildman–Crippen MR) is 54.5 cm³/mol. The molecule has 68 valence electrons. The molecular weight excluding hydrogens is 184 g/mol. The molecule has 0 aliphatic heterocycles. The van der Waals surface area contributed by atoms with Crippen LogP contribution in [0, 0.1) is 12.3 Å². The Morgan fingerprint density at radius 2 is 2.54 bits per heavy atom. The monoisotopic (exact) mass is 194 g/mol. The van der Waals surface area contributed by atoms with E-state index in [0.717, 1.165) is 5.56 Å². The first kappa shape index (κ1) is 10.0. The van der Waals surface area contributed by atoms with Gasteiger partial charge in [0.25, 0.3) is 0 Å². The number of terminal acetylenes is 1. The van der Waals surface area contributed by atoms with Gasteiger partial charge < -0.3 is 5.32 Å². The predicted octanol–water partition coefficient (Wildman–Crippen LogP) is 2.02. The van der Waals surface area contributed by atoms with Crippen molar-refractivity contribution in [1.29, 1.82) is 0 Å². The molecule has 0 saturated heterocycles. The highest BCUT2D eigenvalue weighted by Gasteiger charge is 2.10. The first-order valence-electron chi connectivity index (χ1n) is 3.99. The van der Waals surface area contributed by atoms with Gasteiger partial charge in [-0.25, -0.2) is 0 Å². The number of hydrogen-bond acceptors (Lipinski definition) is 2. The number of rotatable bonds is 3. The van der Waals surface area contributed by atoms with E-state index in [0.29, 0.717) is 11.4 Å². The van der Waals surface area contributed by atoms with E-state index in [-0.39, 0.29) is 6.04 Å². The van der Waals surface area contributed by atoms with Crippen molar-refractivity contribution in [2.45, 2.75) is 12.5 Å². The fourth-order valence-electron chi connectivity index (χ4n) is 1.15. The standard InChI is InChI=1S/C10H11ClN2/c1-3-4-10(12-2)8-5-6-13-7-9(8)11/h1,5-7,10,12H,4H2,2H3. The minimum Gasteiger partial charge on any atom is -0.312 e. The van der Waals surface area contributed by atoms with Gasteiger partial charge in [0.1, 0.15) is 0 Å². The van der Waals surface area contributed by atoms with Gasteiger partial charge in [-0.05, 0) is 18.7 Å². The van der Waals surface area contributed by atoms with Gasteiger partial charge in [-0.1, -0.05) is 11.6 Å². The van der Waals surface area contributed by atoms with Crippen molar-refractivity contribution in [2.75, 3.05) is 7.05 Å². The summed E-state index contributed by atoms with van der Waals surface area (Å²) in [6.07, 6.45) is 9.20. The van der Waals surface area contributed by atoms with Crippen molar-refractivity contribution in [2.24, 2.45) is 0 Å². The Labute approximate surface area is 83.3 Å². The zero-order chi connectivity index (χ0) is 9.68. The lowest BCUT2D eigenvalue weighted by Crippen LogP contribution is -2.16. The van der Waals surface area contributed by atoms with E-state index in [4.69, 9.17) is 18.0 Å². The molecule has 1 atom stereocenters. The maximum atomic E-state index is 5.96. The summed E-state index contributed by atoms with van der Waals surface area (Å²) in [6.45, 7) is 0. The Kier molecular flexibility index (Phi) is 3.75. The largest absolute Gasteiger partial charge is 0.312 e. The van der Waals surface area contributed by atoms with Gasteiger partial charge in [0.05, 0.1) is 5.02 Å². The van der Waals surface area contributed by atoms with Crippen molar-refractivity contribution in [3.05, 3.63) is 29.0 Å². The SMILES string of the molecule is C#CCC(NC)c1ccncc1Cl. The van der Waals surface area contributed by atoms with Gasteiger partial charge in [-0.3, -0.25) is 4.98 Å². The molecule has 0 saturated carbocycles. The van der Waals surface area contributed by atoms with Crippen LogP contribution in [0.4, 0.5) is 0 Å². The van der Waals surface area contributed by atoms with Crippen LogP contribution in [0.2, 0.25) is 5.02 Å². The van der Waals surface area contributed by atoms with E-state index in [9.17, 15) is 0 Å².